The van der Waals surface area contributed by atoms with Crippen molar-refractivity contribution < 1.29 is 32.0 Å². The van der Waals surface area contributed by atoms with Gasteiger partial charge in [0.2, 0.25) is 0 Å². The topological polar surface area (TPSA) is 44.8 Å². The van der Waals surface area contributed by atoms with E-state index in [0.29, 0.717) is 0 Å². The van der Waals surface area contributed by atoms with E-state index in [9.17, 15) is 18.0 Å². The molecule has 0 amide bonds. The van der Waals surface area contributed by atoms with E-state index in [1.807, 2.05) is 0 Å². The summed E-state index contributed by atoms with van der Waals surface area (Å²) in [5.74, 6) is -2.95. The lowest BCUT2D eigenvalue weighted by molar-refractivity contribution is -0.159. The molecule has 20 heavy (non-hydrogen) atoms. The molecule has 1 saturated heterocycles. The van der Waals surface area contributed by atoms with E-state index in [1.54, 1.807) is 27.7 Å². The minimum absolute atomic E-state index is 0.0345. The highest BCUT2D eigenvalue weighted by Gasteiger charge is 2.60. The SMILES string of the molecule is CCOC(=O)CC(B1OC(C)(C)C(C)(C)O1)C(F)(F)F. The third-order valence-electron chi connectivity index (χ3n) is 3.71. The molecule has 116 valence electrons. The van der Waals surface area contributed by atoms with E-state index in [0.717, 1.165) is 0 Å². The summed E-state index contributed by atoms with van der Waals surface area (Å²) in [6.45, 7) is 8.20. The molecular formula is C12H20BF3O4. The first kappa shape index (κ1) is 17.3. The van der Waals surface area contributed by atoms with Crippen LogP contribution in [0.2, 0.25) is 5.82 Å². The van der Waals surface area contributed by atoms with Crippen LogP contribution < -0.4 is 0 Å². The molecule has 4 nitrogen and oxygen atoms in total. The number of esters is 1. The summed E-state index contributed by atoms with van der Waals surface area (Å²) in [5.41, 5.74) is -1.76. The first-order valence-corrected chi connectivity index (χ1v) is 6.48. The zero-order valence-electron chi connectivity index (χ0n) is 12.3. The fraction of sp³-hybridized carbons (Fsp3) is 0.917. The van der Waals surface area contributed by atoms with Gasteiger partial charge >= 0.3 is 19.3 Å². The summed E-state index contributed by atoms with van der Waals surface area (Å²) in [7, 11) is -1.51. The summed E-state index contributed by atoms with van der Waals surface area (Å²) >= 11 is 0. The minimum Gasteiger partial charge on any atom is -0.466 e. The second-order valence-corrected chi connectivity index (χ2v) is 5.78. The van der Waals surface area contributed by atoms with Crippen LogP contribution in [0.1, 0.15) is 41.0 Å². The van der Waals surface area contributed by atoms with E-state index in [1.165, 1.54) is 6.92 Å². The van der Waals surface area contributed by atoms with Crippen LogP contribution in [0.15, 0.2) is 0 Å². The van der Waals surface area contributed by atoms with Crippen LogP contribution in [0, 0.1) is 0 Å². The molecule has 0 aromatic heterocycles. The van der Waals surface area contributed by atoms with Gasteiger partial charge < -0.3 is 14.0 Å². The Hall–Kier alpha value is -0.755. The molecule has 8 heteroatoms. The van der Waals surface area contributed by atoms with Crippen LogP contribution in [0.5, 0.6) is 0 Å². The van der Waals surface area contributed by atoms with Gasteiger partial charge in [-0.05, 0) is 34.6 Å². The molecular weight excluding hydrogens is 276 g/mol. The molecule has 0 aromatic rings. The van der Waals surface area contributed by atoms with Gasteiger partial charge in [0.15, 0.2) is 0 Å². The average Bonchev–Trinajstić information content (AvgIpc) is 2.43. The van der Waals surface area contributed by atoms with E-state index >= 15 is 0 Å². The number of rotatable bonds is 4. The minimum atomic E-state index is -4.60. The van der Waals surface area contributed by atoms with Crippen molar-refractivity contribution >= 4 is 13.1 Å². The van der Waals surface area contributed by atoms with Gasteiger partial charge in [0.1, 0.15) is 5.82 Å². The van der Waals surface area contributed by atoms with Gasteiger partial charge in [-0.15, -0.1) is 0 Å². The lowest BCUT2D eigenvalue weighted by Crippen LogP contribution is -2.41. The van der Waals surface area contributed by atoms with Crippen LogP contribution in [0.4, 0.5) is 13.2 Å². The van der Waals surface area contributed by atoms with E-state index in [2.05, 4.69) is 4.74 Å². The summed E-state index contributed by atoms with van der Waals surface area (Å²) in [6, 6.07) is 0. The molecule has 1 unspecified atom stereocenters. The lowest BCUT2D eigenvalue weighted by atomic mass is 9.69. The Kier molecular flexibility index (Phi) is 4.81. The highest BCUT2D eigenvalue weighted by molar-refractivity contribution is 6.48. The first-order chi connectivity index (χ1) is 8.90. The third kappa shape index (κ3) is 3.66. The Labute approximate surface area is 117 Å². The molecule has 1 aliphatic heterocycles. The van der Waals surface area contributed by atoms with Gasteiger partial charge in [-0.1, -0.05) is 0 Å². The van der Waals surface area contributed by atoms with E-state index in [-0.39, 0.29) is 6.61 Å². The number of alkyl halides is 3. The smallest absolute Gasteiger partial charge is 0.466 e. The highest BCUT2D eigenvalue weighted by Crippen LogP contribution is 2.46. The normalized spacial score (nSPS) is 22.7. The fourth-order valence-electron chi connectivity index (χ4n) is 1.82. The van der Waals surface area contributed by atoms with Crippen molar-refractivity contribution in [3.63, 3.8) is 0 Å². The average molecular weight is 296 g/mol. The van der Waals surface area contributed by atoms with E-state index < -0.39 is 42.7 Å². The monoisotopic (exact) mass is 296 g/mol. The fourth-order valence-corrected chi connectivity index (χ4v) is 1.82. The summed E-state index contributed by atoms with van der Waals surface area (Å²) in [5, 5.41) is 0. The number of hydrogen-bond donors (Lipinski definition) is 0. The van der Waals surface area contributed by atoms with Crippen molar-refractivity contribution in [1.82, 2.24) is 0 Å². The Morgan fingerprint density at radius 3 is 2.00 bits per heavy atom. The van der Waals surface area contributed by atoms with Gasteiger partial charge in [-0.25, -0.2) is 0 Å². The predicted octanol–water partition coefficient (Wildman–Crippen LogP) is 2.96. The molecule has 0 bridgehead atoms. The number of hydrogen-bond acceptors (Lipinski definition) is 4. The Balaban J connectivity index is 2.89. The summed E-state index contributed by atoms with van der Waals surface area (Å²) in [6.07, 6.45) is -5.41. The summed E-state index contributed by atoms with van der Waals surface area (Å²) < 4.78 is 54.7. The molecule has 0 aromatic carbocycles. The van der Waals surface area contributed by atoms with Crippen LogP contribution in [0.3, 0.4) is 0 Å². The van der Waals surface area contributed by atoms with Crippen molar-refractivity contribution in [2.75, 3.05) is 6.61 Å². The second-order valence-electron chi connectivity index (χ2n) is 5.78. The van der Waals surface area contributed by atoms with Crippen molar-refractivity contribution in [1.29, 1.82) is 0 Å². The molecule has 0 aliphatic carbocycles. The number of carbonyl (C=O) groups excluding carboxylic acids is 1. The zero-order valence-corrected chi connectivity index (χ0v) is 12.3. The predicted molar refractivity (Wildman–Crippen MR) is 67.1 cm³/mol. The molecule has 0 N–H and O–H groups in total. The van der Waals surface area contributed by atoms with Crippen molar-refractivity contribution in [3.8, 4) is 0 Å². The van der Waals surface area contributed by atoms with Gasteiger partial charge in [-0.3, -0.25) is 4.79 Å². The van der Waals surface area contributed by atoms with Crippen LogP contribution >= 0.6 is 0 Å². The van der Waals surface area contributed by atoms with E-state index in [4.69, 9.17) is 9.31 Å². The molecule has 1 aliphatic rings. The number of carbonyl (C=O) groups is 1. The Morgan fingerprint density at radius 1 is 1.20 bits per heavy atom. The third-order valence-corrected chi connectivity index (χ3v) is 3.71. The molecule has 0 radical (unpaired) electrons. The van der Waals surface area contributed by atoms with Crippen molar-refractivity contribution in [3.05, 3.63) is 0 Å². The lowest BCUT2D eigenvalue weighted by Gasteiger charge is -2.32. The van der Waals surface area contributed by atoms with Gasteiger partial charge in [0.25, 0.3) is 0 Å². The Morgan fingerprint density at radius 2 is 1.65 bits per heavy atom. The molecule has 1 heterocycles. The van der Waals surface area contributed by atoms with Gasteiger partial charge in [0.05, 0.1) is 24.2 Å². The maximum Gasteiger partial charge on any atom is 0.471 e. The zero-order chi connectivity index (χ0) is 15.8. The Bertz CT molecular complexity index is 352. The van der Waals surface area contributed by atoms with Crippen LogP contribution in [0.25, 0.3) is 0 Å². The number of halogens is 3. The van der Waals surface area contributed by atoms with Crippen molar-refractivity contribution in [2.45, 2.75) is 64.2 Å². The molecule has 1 rings (SSSR count). The van der Waals surface area contributed by atoms with Crippen LogP contribution in [-0.4, -0.2) is 37.1 Å². The maximum absolute atomic E-state index is 13.1. The molecule has 1 atom stereocenters. The highest BCUT2D eigenvalue weighted by atomic mass is 19.4. The largest absolute Gasteiger partial charge is 0.471 e. The molecule has 1 fully saturated rings. The van der Waals surface area contributed by atoms with Gasteiger partial charge in [0, 0.05) is 0 Å². The standard InChI is InChI=1S/C12H20BF3O4/c1-6-18-9(17)7-8(12(14,15)16)13-19-10(2,3)11(4,5)20-13/h8H,6-7H2,1-5H3. The quantitative estimate of drug-likeness (QED) is 0.591. The summed E-state index contributed by atoms with van der Waals surface area (Å²) in [4.78, 5) is 11.3. The van der Waals surface area contributed by atoms with Crippen molar-refractivity contribution in [2.24, 2.45) is 0 Å². The molecule has 0 saturated carbocycles. The van der Waals surface area contributed by atoms with Gasteiger partial charge in [-0.2, -0.15) is 13.2 Å². The maximum atomic E-state index is 13.1. The number of ether oxygens (including phenoxy) is 1. The molecule has 0 spiro atoms. The van der Waals surface area contributed by atoms with Crippen LogP contribution in [-0.2, 0) is 18.8 Å². The second kappa shape index (κ2) is 5.56. The first-order valence-electron chi connectivity index (χ1n) is 6.48.